The Kier molecular flexibility index (Phi) is 11.4. The van der Waals surface area contributed by atoms with E-state index < -0.39 is 0 Å². The Labute approximate surface area is 242 Å². The smallest absolute Gasteiger partial charge is 0.247 e. The van der Waals surface area contributed by atoms with Gasteiger partial charge in [0, 0.05) is 11.8 Å². The van der Waals surface area contributed by atoms with Crippen LogP contribution in [0.2, 0.25) is 5.02 Å². The van der Waals surface area contributed by atoms with E-state index in [0.29, 0.717) is 45.8 Å². The standard InChI is InChI=1S/C31H37ClN6O2/c1-7-13-24(21(3)4)22(5)34-30-25(32)20-33-31(37-30)36-27-19-26(35-29(39)8-2)23(18-28(27)40-6)14-12-17-38-15-10-9-11-16-38/h7-8,13,18-21H,1-2,5,9-11,15-17H2,3-4,6H3,(H,35,39)(H2,33,34,36,37)/b24-13-. The van der Waals surface area contributed by atoms with Crippen molar-refractivity contribution in [3.63, 3.8) is 0 Å². The number of halogens is 1. The largest absolute Gasteiger partial charge is 0.495 e. The van der Waals surface area contributed by atoms with E-state index in [-0.39, 0.29) is 17.8 Å². The molecule has 0 bridgehead atoms. The molecule has 40 heavy (non-hydrogen) atoms. The highest BCUT2D eigenvalue weighted by Gasteiger charge is 2.15. The van der Waals surface area contributed by atoms with Crippen molar-refractivity contribution in [1.29, 1.82) is 0 Å². The van der Waals surface area contributed by atoms with E-state index in [4.69, 9.17) is 16.3 Å². The fourth-order valence-electron chi connectivity index (χ4n) is 4.22. The van der Waals surface area contributed by atoms with Crippen molar-refractivity contribution in [1.82, 2.24) is 14.9 Å². The van der Waals surface area contributed by atoms with E-state index in [1.165, 1.54) is 31.5 Å². The second-order valence-corrected chi connectivity index (χ2v) is 9.97. The number of methoxy groups -OCH3 is 1. The normalized spacial score (nSPS) is 13.6. The molecule has 9 heteroatoms. The molecule has 2 aromatic rings. The van der Waals surface area contributed by atoms with Gasteiger partial charge in [-0.15, -0.1) is 0 Å². The molecule has 0 aliphatic carbocycles. The highest BCUT2D eigenvalue weighted by Crippen LogP contribution is 2.34. The molecule has 8 nitrogen and oxygen atoms in total. The summed E-state index contributed by atoms with van der Waals surface area (Å²) in [4.78, 5) is 23.4. The van der Waals surface area contributed by atoms with Crippen LogP contribution in [0.3, 0.4) is 0 Å². The number of hydrogen-bond acceptors (Lipinski definition) is 7. The zero-order valence-corrected chi connectivity index (χ0v) is 24.2. The Balaban J connectivity index is 1.91. The number of hydrogen-bond donors (Lipinski definition) is 3. The fourth-order valence-corrected chi connectivity index (χ4v) is 4.36. The molecule has 1 saturated heterocycles. The molecule has 1 fully saturated rings. The topological polar surface area (TPSA) is 91.4 Å². The van der Waals surface area contributed by atoms with E-state index in [0.717, 1.165) is 18.7 Å². The first-order valence-corrected chi connectivity index (χ1v) is 13.6. The van der Waals surface area contributed by atoms with Crippen LogP contribution in [0.1, 0.15) is 38.7 Å². The van der Waals surface area contributed by atoms with Crippen molar-refractivity contribution in [2.75, 3.05) is 42.7 Å². The van der Waals surface area contributed by atoms with Crippen LogP contribution in [0, 0.1) is 17.8 Å². The van der Waals surface area contributed by atoms with Crippen molar-refractivity contribution in [3.8, 4) is 17.6 Å². The molecule has 1 aliphatic rings. The van der Waals surface area contributed by atoms with Gasteiger partial charge in [-0.1, -0.05) is 75.6 Å². The molecule has 2 heterocycles. The van der Waals surface area contributed by atoms with Crippen molar-refractivity contribution >= 4 is 40.6 Å². The molecule has 0 saturated carbocycles. The van der Waals surface area contributed by atoms with Gasteiger partial charge in [0.25, 0.3) is 0 Å². The summed E-state index contributed by atoms with van der Waals surface area (Å²) in [6, 6.07) is 3.51. The predicted molar refractivity (Wildman–Crippen MR) is 165 cm³/mol. The van der Waals surface area contributed by atoms with Crippen LogP contribution < -0.4 is 20.7 Å². The lowest BCUT2D eigenvalue weighted by Gasteiger charge is -2.23. The third-order valence-corrected chi connectivity index (χ3v) is 6.56. The van der Waals surface area contributed by atoms with Gasteiger partial charge in [0.1, 0.15) is 10.8 Å². The number of likely N-dealkylation sites (tertiary alicyclic amines) is 1. The van der Waals surface area contributed by atoms with Crippen molar-refractivity contribution in [3.05, 3.63) is 78.2 Å². The molecule has 210 valence electrons. The Hall–Kier alpha value is -4.06. The molecule has 3 rings (SSSR count). The summed E-state index contributed by atoms with van der Waals surface area (Å²) in [5, 5.41) is 9.52. The van der Waals surface area contributed by atoms with E-state index in [1.807, 2.05) is 6.08 Å². The molecule has 0 spiro atoms. The zero-order valence-electron chi connectivity index (χ0n) is 23.4. The van der Waals surface area contributed by atoms with E-state index in [2.05, 4.69) is 76.2 Å². The third-order valence-electron chi connectivity index (χ3n) is 6.29. The molecule has 0 unspecified atom stereocenters. The van der Waals surface area contributed by atoms with Crippen LogP contribution in [-0.2, 0) is 4.79 Å². The number of amides is 1. The first kappa shape index (κ1) is 30.5. The van der Waals surface area contributed by atoms with Gasteiger partial charge >= 0.3 is 0 Å². The molecule has 1 aliphatic heterocycles. The highest BCUT2D eigenvalue weighted by atomic mass is 35.5. The minimum Gasteiger partial charge on any atom is -0.495 e. The summed E-state index contributed by atoms with van der Waals surface area (Å²) in [6.07, 6.45) is 9.97. The maximum atomic E-state index is 12.2. The number of rotatable bonds is 11. The quantitative estimate of drug-likeness (QED) is 0.163. The van der Waals surface area contributed by atoms with Crippen molar-refractivity contribution < 1.29 is 9.53 Å². The van der Waals surface area contributed by atoms with Crippen LogP contribution >= 0.6 is 11.6 Å². The van der Waals surface area contributed by atoms with Crippen LogP contribution in [0.15, 0.2) is 67.6 Å². The molecule has 1 amide bonds. The Morgan fingerprint density at radius 2 is 1.95 bits per heavy atom. The summed E-state index contributed by atoms with van der Waals surface area (Å²) in [5.41, 5.74) is 3.29. The van der Waals surface area contributed by atoms with Crippen molar-refractivity contribution in [2.24, 2.45) is 5.92 Å². The van der Waals surface area contributed by atoms with Gasteiger partial charge in [-0.25, -0.2) is 4.98 Å². The number of ether oxygens (including phenoxy) is 1. The van der Waals surface area contributed by atoms with E-state index in [9.17, 15) is 4.79 Å². The lowest BCUT2D eigenvalue weighted by molar-refractivity contribution is -0.111. The molecular formula is C31H37ClN6O2. The predicted octanol–water partition coefficient (Wildman–Crippen LogP) is 6.54. The van der Waals surface area contributed by atoms with Gasteiger partial charge in [0.2, 0.25) is 11.9 Å². The Morgan fingerprint density at radius 1 is 1.20 bits per heavy atom. The maximum absolute atomic E-state index is 12.2. The van der Waals surface area contributed by atoms with Crippen LogP contribution in [0.4, 0.5) is 23.1 Å². The van der Waals surface area contributed by atoms with Gasteiger partial charge < -0.3 is 20.7 Å². The van der Waals surface area contributed by atoms with Gasteiger partial charge in [-0.2, -0.15) is 4.98 Å². The second kappa shape index (κ2) is 14.9. The number of benzene rings is 1. The number of allylic oxidation sites excluding steroid dienone is 3. The lowest BCUT2D eigenvalue weighted by Crippen LogP contribution is -2.29. The zero-order chi connectivity index (χ0) is 29.1. The lowest BCUT2D eigenvalue weighted by atomic mass is 10.00. The molecule has 0 radical (unpaired) electrons. The summed E-state index contributed by atoms with van der Waals surface area (Å²) in [5.74, 6) is 7.46. The number of carbonyl (C=O) groups is 1. The number of nitrogens with zero attached hydrogens (tertiary/aromatic N) is 3. The summed E-state index contributed by atoms with van der Waals surface area (Å²) in [7, 11) is 1.56. The fraction of sp³-hybridized carbons (Fsp3) is 0.323. The average molecular weight is 561 g/mol. The number of nitrogens with one attached hydrogen (secondary N) is 3. The average Bonchev–Trinajstić information content (AvgIpc) is 2.94. The van der Waals surface area contributed by atoms with Gasteiger partial charge in [0.15, 0.2) is 5.82 Å². The summed E-state index contributed by atoms with van der Waals surface area (Å²) < 4.78 is 5.64. The highest BCUT2D eigenvalue weighted by molar-refractivity contribution is 6.32. The van der Waals surface area contributed by atoms with E-state index >= 15 is 0 Å². The first-order valence-electron chi connectivity index (χ1n) is 13.2. The number of piperidine rings is 1. The summed E-state index contributed by atoms with van der Waals surface area (Å²) >= 11 is 6.39. The van der Waals surface area contributed by atoms with Crippen molar-refractivity contribution in [2.45, 2.75) is 33.1 Å². The molecule has 3 N–H and O–H groups in total. The minimum atomic E-state index is -0.350. The van der Waals surface area contributed by atoms with Gasteiger partial charge in [-0.05, 0) is 49.6 Å². The summed E-state index contributed by atoms with van der Waals surface area (Å²) in [6.45, 7) is 18.4. The first-order chi connectivity index (χ1) is 19.2. The van der Waals surface area contributed by atoms with Crippen LogP contribution in [0.5, 0.6) is 5.75 Å². The van der Waals surface area contributed by atoms with Gasteiger partial charge in [0.05, 0.1) is 36.8 Å². The second-order valence-electron chi connectivity index (χ2n) is 9.56. The molecule has 0 atom stereocenters. The Bertz CT molecular complexity index is 1350. The monoisotopic (exact) mass is 560 g/mol. The number of aromatic nitrogens is 2. The SMILES string of the molecule is C=C/C=C(\C(=C)Nc1nc(Nc2cc(NC(=O)C=C)c(C#CCN3CCCCC3)cc2OC)ncc1Cl)C(C)C. The Morgan fingerprint density at radius 3 is 2.60 bits per heavy atom. The van der Waals surface area contributed by atoms with E-state index in [1.54, 1.807) is 25.3 Å². The van der Waals surface area contributed by atoms with Crippen LogP contribution in [0.25, 0.3) is 0 Å². The van der Waals surface area contributed by atoms with Gasteiger partial charge in [-0.3, -0.25) is 9.69 Å². The number of anilines is 4. The minimum absolute atomic E-state index is 0.214. The number of carbonyl (C=O) groups excluding carboxylic acids is 1. The van der Waals surface area contributed by atoms with Crippen LogP contribution in [-0.4, -0.2) is 47.5 Å². The molecule has 1 aromatic heterocycles. The molecule has 1 aromatic carbocycles. The third kappa shape index (κ3) is 8.47. The maximum Gasteiger partial charge on any atom is 0.247 e. The molecular weight excluding hydrogens is 524 g/mol.